The zero-order valence-corrected chi connectivity index (χ0v) is 25.6. The number of nitrogens with one attached hydrogen (secondary N) is 1. The maximum atomic E-state index is 13.4. The number of ether oxygens (including phenoxy) is 2. The van der Waals surface area contributed by atoms with E-state index in [0.717, 1.165) is 48.4 Å². The van der Waals surface area contributed by atoms with Gasteiger partial charge in [-0.15, -0.1) is 0 Å². The molecular weight excluding hydrogens is 536 g/mol. The lowest BCUT2D eigenvalue weighted by Gasteiger charge is -2.26. The number of carbonyl (C=O) groups is 2. The average Bonchev–Trinajstić information content (AvgIpc) is 3.37. The number of hydrogen-bond donors (Lipinski definition) is 2. The number of hydrogen-bond acceptors (Lipinski definition) is 6. The molecule has 2 fully saturated rings. The Kier molecular flexibility index (Phi) is 12.1. The van der Waals surface area contributed by atoms with Crippen molar-refractivity contribution < 1.29 is 24.2 Å². The van der Waals surface area contributed by atoms with Gasteiger partial charge in [0.2, 0.25) is 0 Å². The Labute approximate surface area is 249 Å². The molecule has 0 radical (unpaired) electrons. The number of nitrogens with zero attached hydrogens (tertiary/aromatic N) is 1. The van der Waals surface area contributed by atoms with E-state index in [9.17, 15) is 14.7 Å². The molecule has 1 aliphatic carbocycles. The van der Waals surface area contributed by atoms with Crippen LogP contribution in [0.4, 0.5) is 0 Å². The second-order valence-electron chi connectivity index (χ2n) is 11.6. The van der Waals surface area contributed by atoms with Crippen molar-refractivity contribution in [3.05, 3.63) is 59.2 Å². The van der Waals surface area contributed by atoms with Gasteiger partial charge >= 0.3 is 5.97 Å². The molecule has 0 aromatic heterocycles. The fraction of sp³-hybridized carbons (Fsp3) is 0.576. The number of likely N-dealkylation sites (tertiary alicyclic amines) is 1. The molecule has 41 heavy (non-hydrogen) atoms. The highest BCUT2D eigenvalue weighted by molar-refractivity contribution is 7.98. The third kappa shape index (κ3) is 8.80. The van der Waals surface area contributed by atoms with E-state index in [1.54, 1.807) is 18.9 Å². The number of carboxylic acid groups (broad SMARTS) is 1. The summed E-state index contributed by atoms with van der Waals surface area (Å²) in [5.41, 5.74) is 4.44. The first-order valence-corrected chi connectivity index (χ1v) is 16.3. The van der Waals surface area contributed by atoms with Crippen LogP contribution in [0.3, 0.4) is 0 Å². The molecular formula is C33H46N2O5S. The summed E-state index contributed by atoms with van der Waals surface area (Å²) in [6, 6.07) is 13.3. The molecule has 224 valence electrons. The molecule has 1 aliphatic heterocycles. The molecule has 2 N–H and O–H groups in total. The SMILES string of the molecule is COC1C[C@@H](COCC2CCCCC2)N(Cc2ccc(C(=O)NC(CCSC)C(=O)O)c(-c3ccccc3C)c2)C1. The highest BCUT2D eigenvalue weighted by Gasteiger charge is 2.33. The van der Waals surface area contributed by atoms with Gasteiger partial charge in [-0.2, -0.15) is 11.8 Å². The smallest absolute Gasteiger partial charge is 0.326 e. The molecule has 0 spiro atoms. The Hall–Kier alpha value is -2.39. The van der Waals surface area contributed by atoms with E-state index in [-0.39, 0.29) is 18.1 Å². The third-order valence-electron chi connectivity index (χ3n) is 8.57. The van der Waals surface area contributed by atoms with Crippen molar-refractivity contribution in [2.24, 2.45) is 5.92 Å². The number of rotatable bonds is 14. The van der Waals surface area contributed by atoms with Gasteiger partial charge in [0.25, 0.3) is 5.91 Å². The van der Waals surface area contributed by atoms with Crippen LogP contribution in [0.2, 0.25) is 0 Å². The van der Waals surface area contributed by atoms with Gasteiger partial charge in [0.1, 0.15) is 6.04 Å². The zero-order valence-electron chi connectivity index (χ0n) is 24.8. The molecule has 2 aromatic rings. The predicted molar refractivity (Wildman–Crippen MR) is 166 cm³/mol. The quantitative estimate of drug-likeness (QED) is 0.292. The van der Waals surface area contributed by atoms with Gasteiger partial charge in [0.15, 0.2) is 0 Å². The zero-order chi connectivity index (χ0) is 29.2. The number of carboxylic acids is 1. The average molecular weight is 583 g/mol. The number of carbonyl (C=O) groups excluding carboxylic acids is 1. The Bertz CT molecular complexity index is 1150. The Morgan fingerprint density at radius 2 is 1.88 bits per heavy atom. The largest absolute Gasteiger partial charge is 0.480 e. The minimum atomic E-state index is -1.01. The maximum absolute atomic E-state index is 13.4. The van der Waals surface area contributed by atoms with Crippen LogP contribution in [0.5, 0.6) is 0 Å². The summed E-state index contributed by atoms with van der Waals surface area (Å²) in [4.78, 5) is 27.7. The maximum Gasteiger partial charge on any atom is 0.326 e. The van der Waals surface area contributed by atoms with Crippen LogP contribution in [0.1, 0.15) is 66.4 Å². The van der Waals surface area contributed by atoms with E-state index in [4.69, 9.17) is 9.47 Å². The van der Waals surface area contributed by atoms with Gasteiger partial charge in [-0.3, -0.25) is 9.69 Å². The lowest BCUT2D eigenvalue weighted by atomic mass is 9.90. The first-order chi connectivity index (χ1) is 19.9. The van der Waals surface area contributed by atoms with E-state index in [2.05, 4.69) is 16.3 Å². The van der Waals surface area contributed by atoms with Gasteiger partial charge in [0, 0.05) is 38.4 Å². The van der Waals surface area contributed by atoms with E-state index in [1.807, 2.05) is 49.6 Å². The first kappa shape index (κ1) is 31.5. The van der Waals surface area contributed by atoms with E-state index >= 15 is 0 Å². The summed E-state index contributed by atoms with van der Waals surface area (Å²) < 4.78 is 12.0. The predicted octanol–water partition coefficient (Wildman–Crippen LogP) is 5.78. The fourth-order valence-electron chi connectivity index (χ4n) is 6.15. The van der Waals surface area contributed by atoms with Crippen molar-refractivity contribution >= 4 is 23.6 Å². The summed E-state index contributed by atoms with van der Waals surface area (Å²) in [5, 5.41) is 12.4. The lowest BCUT2D eigenvalue weighted by Crippen LogP contribution is -2.41. The third-order valence-corrected chi connectivity index (χ3v) is 9.22. The van der Waals surface area contributed by atoms with Crippen LogP contribution < -0.4 is 5.32 Å². The summed E-state index contributed by atoms with van der Waals surface area (Å²) >= 11 is 1.57. The van der Waals surface area contributed by atoms with Crippen molar-refractivity contribution in [3.8, 4) is 11.1 Å². The molecule has 3 atom stereocenters. The van der Waals surface area contributed by atoms with E-state index < -0.39 is 12.0 Å². The molecule has 8 heteroatoms. The van der Waals surface area contributed by atoms with Crippen molar-refractivity contribution in [1.29, 1.82) is 0 Å². The number of methoxy groups -OCH3 is 1. The molecule has 1 amide bonds. The van der Waals surface area contributed by atoms with Crippen LogP contribution in [0.25, 0.3) is 11.1 Å². The monoisotopic (exact) mass is 582 g/mol. The van der Waals surface area contributed by atoms with E-state index in [1.165, 1.54) is 32.1 Å². The van der Waals surface area contributed by atoms with Gasteiger partial charge in [-0.05, 0) is 84.9 Å². The van der Waals surface area contributed by atoms with Crippen LogP contribution in [-0.4, -0.2) is 78.9 Å². The van der Waals surface area contributed by atoms with Crippen molar-refractivity contribution in [1.82, 2.24) is 10.2 Å². The van der Waals surface area contributed by atoms with Crippen molar-refractivity contribution in [3.63, 3.8) is 0 Å². The van der Waals surface area contributed by atoms with Gasteiger partial charge in [-0.25, -0.2) is 4.79 Å². The molecule has 7 nitrogen and oxygen atoms in total. The van der Waals surface area contributed by atoms with Crippen LogP contribution >= 0.6 is 11.8 Å². The number of benzene rings is 2. The van der Waals surface area contributed by atoms with Crippen LogP contribution in [0, 0.1) is 12.8 Å². The Morgan fingerprint density at radius 3 is 2.59 bits per heavy atom. The fourth-order valence-corrected chi connectivity index (χ4v) is 6.62. The van der Waals surface area contributed by atoms with Gasteiger partial charge in [0.05, 0.1) is 12.7 Å². The topological polar surface area (TPSA) is 88.1 Å². The second kappa shape index (κ2) is 15.7. The molecule has 2 aliphatic rings. The van der Waals surface area contributed by atoms with Gasteiger partial charge < -0.3 is 19.9 Å². The number of aryl methyl sites for hydroxylation is 1. The molecule has 1 saturated carbocycles. The standard InChI is InChI=1S/C33H46N2O5S/c1-23-9-7-8-12-28(23)30-17-25(13-14-29(30)32(36)34-31(33(37)38)15-16-41-3)19-35-20-27(39-2)18-26(35)22-40-21-24-10-5-4-6-11-24/h7-9,12-14,17,24,26-27,31H,4-6,10-11,15-16,18-22H2,1-3H3,(H,34,36)(H,37,38)/t26-,27?,31?/m0/s1. The molecule has 4 rings (SSSR count). The number of thioether (sulfide) groups is 1. The highest BCUT2D eigenvalue weighted by atomic mass is 32.2. The van der Waals surface area contributed by atoms with Crippen LogP contribution in [-0.2, 0) is 20.8 Å². The number of aliphatic carboxylic acids is 1. The minimum absolute atomic E-state index is 0.174. The lowest BCUT2D eigenvalue weighted by molar-refractivity contribution is -0.139. The summed E-state index contributed by atoms with van der Waals surface area (Å²) in [7, 11) is 1.78. The molecule has 0 bridgehead atoms. The summed E-state index contributed by atoms with van der Waals surface area (Å²) in [6.07, 6.45) is 9.97. The minimum Gasteiger partial charge on any atom is -0.480 e. The van der Waals surface area contributed by atoms with E-state index in [0.29, 0.717) is 30.3 Å². The van der Waals surface area contributed by atoms with Crippen LogP contribution in [0.15, 0.2) is 42.5 Å². The Morgan fingerprint density at radius 1 is 1.10 bits per heavy atom. The summed E-state index contributed by atoms with van der Waals surface area (Å²) in [6.45, 7) is 5.15. The Balaban J connectivity index is 1.53. The normalized spacial score (nSPS) is 20.7. The molecule has 1 saturated heterocycles. The van der Waals surface area contributed by atoms with Gasteiger partial charge in [-0.1, -0.05) is 49.6 Å². The summed E-state index contributed by atoms with van der Waals surface area (Å²) in [5.74, 6) is -0.0310. The molecule has 2 unspecified atom stereocenters. The van der Waals surface area contributed by atoms with Crippen molar-refractivity contribution in [2.75, 3.05) is 38.9 Å². The first-order valence-electron chi connectivity index (χ1n) is 15.0. The van der Waals surface area contributed by atoms with Crippen molar-refractivity contribution in [2.45, 2.75) is 76.6 Å². The number of amides is 1. The highest BCUT2D eigenvalue weighted by Crippen LogP contribution is 2.31. The second-order valence-corrected chi connectivity index (χ2v) is 12.5. The molecule has 2 aromatic carbocycles. The molecule has 1 heterocycles.